The Morgan fingerprint density at radius 2 is 2.12 bits per heavy atom. The fourth-order valence-corrected chi connectivity index (χ4v) is 1.61. The number of rotatable bonds is 4. The molecule has 0 saturated heterocycles. The molecule has 0 bridgehead atoms. The molecule has 2 aromatic heterocycles. The van der Waals surface area contributed by atoms with E-state index in [0.717, 1.165) is 16.6 Å². The predicted molar refractivity (Wildman–Crippen MR) is 58.2 cm³/mol. The Morgan fingerprint density at radius 1 is 1.38 bits per heavy atom. The van der Waals surface area contributed by atoms with E-state index >= 15 is 0 Å². The minimum absolute atomic E-state index is 0.396. The van der Waals surface area contributed by atoms with E-state index < -0.39 is 6.29 Å². The van der Waals surface area contributed by atoms with Crippen LogP contribution in [0, 0.1) is 0 Å². The van der Waals surface area contributed by atoms with Gasteiger partial charge >= 0.3 is 0 Å². The molecule has 0 atom stereocenters. The average molecular weight is 220 g/mol. The van der Waals surface area contributed by atoms with Crippen molar-refractivity contribution in [3.8, 4) is 0 Å². The summed E-state index contributed by atoms with van der Waals surface area (Å²) in [5.41, 5.74) is 2.03. The van der Waals surface area contributed by atoms with Gasteiger partial charge in [-0.25, -0.2) is 0 Å². The molecular formula is C11H12N2O3. The topological polar surface area (TPSA) is 64.2 Å². The molecule has 0 saturated carbocycles. The maximum absolute atomic E-state index is 10.6. The Labute approximate surface area is 92.4 Å². The van der Waals surface area contributed by atoms with E-state index in [9.17, 15) is 4.79 Å². The Morgan fingerprint density at radius 3 is 2.75 bits per heavy atom. The van der Waals surface area contributed by atoms with E-state index in [2.05, 4.69) is 9.97 Å². The number of ether oxygens (including phenoxy) is 2. The van der Waals surface area contributed by atoms with Crippen LogP contribution in [-0.4, -0.2) is 30.5 Å². The summed E-state index contributed by atoms with van der Waals surface area (Å²) < 4.78 is 10.3. The molecule has 5 nitrogen and oxygen atoms in total. The summed E-state index contributed by atoms with van der Waals surface area (Å²) in [6.07, 6.45) is 1.91. The Hall–Kier alpha value is -1.72. The second-order valence-electron chi connectivity index (χ2n) is 3.34. The molecule has 1 N–H and O–H groups in total. The molecule has 84 valence electrons. The van der Waals surface area contributed by atoms with Gasteiger partial charge in [-0.3, -0.25) is 9.78 Å². The number of aromatic amines is 1. The Bertz CT molecular complexity index is 503. The minimum atomic E-state index is -0.438. The molecule has 2 heterocycles. The van der Waals surface area contributed by atoms with Crippen molar-refractivity contribution in [2.75, 3.05) is 14.2 Å². The van der Waals surface area contributed by atoms with Crippen LogP contribution < -0.4 is 0 Å². The second kappa shape index (κ2) is 4.42. The summed E-state index contributed by atoms with van der Waals surface area (Å²) in [5, 5.41) is 0.916. The van der Waals surface area contributed by atoms with Crippen LogP contribution in [-0.2, 0) is 9.47 Å². The van der Waals surface area contributed by atoms with Gasteiger partial charge in [-0.1, -0.05) is 0 Å². The number of carbonyl (C=O) groups excluding carboxylic acids is 1. The van der Waals surface area contributed by atoms with Crippen molar-refractivity contribution in [1.82, 2.24) is 9.97 Å². The zero-order valence-corrected chi connectivity index (χ0v) is 9.06. The first-order chi connectivity index (χ1) is 7.78. The highest BCUT2D eigenvalue weighted by atomic mass is 16.7. The fraction of sp³-hybridized carbons (Fsp3) is 0.273. The molecule has 5 heteroatoms. The number of hydrogen-bond donors (Lipinski definition) is 1. The molecule has 0 amide bonds. The van der Waals surface area contributed by atoms with Gasteiger partial charge in [-0.05, 0) is 12.1 Å². The quantitative estimate of drug-likeness (QED) is 0.628. The number of hydrogen-bond acceptors (Lipinski definition) is 4. The Kier molecular flexibility index (Phi) is 2.98. The lowest BCUT2D eigenvalue weighted by Crippen LogP contribution is -2.03. The maximum atomic E-state index is 10.6. The van der Waals surface area contributed by atoms with Crippen LogP contribution in [0.5, 0.6) is 0 Å². The van der Waals surface area contributed by atoms with Crippen LogP contribution in [0.4, 0.5) is 0 Å². The van der Waals surface area contributed by atoms with Crippen LogP contribution in [0.15, 0.2) is 18.3 Å². The van der Waals surface area contributed by atoms with Gasteiger partial charge in [0.15, 0.2) is 12.6 Å². The van der Waals surface area contributed by atoms with Crippen molar-refractivity contribution in [3.05, 3.63) is 29.7 Å². The smallest absolute Gasteiger partial charge is 0.198 e. The van der Waals surface area contributed by atoms with E-state index in [1.54, 1.807) is 26.5 Å². The predicted octanol–water partition coefficient (Wildman–Crippen LogP) is 1.67. The molecule has 0 aromatic carbocycles. The van der Waals surface area contributed by atoms with Crippen LogP contribution in [0.1, 0.15) is 22.5 Å². The monoisotopic (exact) mass is 220 g/mol. The molecule has 2 aromatic rings. The van der Waals surface area contributed by atoms with E-state index in [1.165, 1.54) is 0 Å². The van der Waals surface area contributed by atoms with Gasteiger partial charge < -0.3 is 14.5 Å². The van der Waals surface area contributed by atoms with Crippen LogP contribution in [0.2, 0.25) is 0 Å². The summed E-state index contributed by atoms with van der Waals surface area (Å²) in [4.78, 5) is 17.7. The number of fused-ring (bicyclic) bond motifs is 1. The third-order valence-electron chi connectivity index (χ3n) is 2.35. The molecule has 0 aliphatic carbocycles. The summed E-state index contributed by atoms with van der Waals surface area (Å²) in [5.74, 6) is 0. The lowest BCUT2D eigenvalue weighted by Gasteiger charge is -2.10. The molecule has 0 spiro atoms. The van der Waals surface area contributed by atoms with Crippen molar-refractivity contribution in [3.63, 3.8) is 0 Å². The summed E-state index contributed by atoms with van der Waals surface area (Å²) in [7, 11) is 3.13. The first-order valence-corrected chi connectivity index (χ1v) is 4.78. The number of nitrogens with one attached hydrogen (secondary N) is 1. The van der Waals surface area contributed by atoms with E-state index in [1.807, 2.05) is 6.07 Å². The molecule has 0 aliphatic rings. The summed E-state index contributed by atoms with van der Waals surface area (Å²) in [6.45, 7) is 0. The standard InChI is InChI=1S/C11H12N2O3/c1-15-11(16-2)10-3-7-5-12-8(6-14)4-9(7)13-10/h3-6,11,13H,1-2H3. The fourth-order valence-electron chi connectivity index (χ4n) is 1.61. The number of aromatic nitrogens is 2. The number of H-pyrrole nitrogens is 1. The average Bonchev–Trinajstić information content (AvgIpc) is 2.72. The Balaban J connectivity index is 2.46. The van der Waals surface area contributed by atoms with Gasteiger partial charge in [0, 0.05) is 31.3 Å². The second-order valence-corrected chi connectivity index (χ2v) is 3.34. The molecule has 0 fully saturated rings. The molecular weight excluding hydrogens is 208 g/mol. The highest BCUT2D eigenvalue weighted by Gasteiger charge is 2.12. The summed E-state index contributed by atoms with van der Waals surface area (Å²) in [6, 6.07) is 3.57. The molecule has 0 unspecified atom stereocenters. The number of methoxy groups -OCH3 is 2. The maximum Gasteiger partial charge on any atom is 0.198 e. The number of carbonyl (C=O) groups is 1. The highest BCUT2D eigenvalue weighted by molar-refractivity contribution is 5.85. The van der Waals surface area contributed by atoms with E-state index in [-0.39, 0.29) is 0 Å². The van der Waals surface area contributed by atoms with Crippen molar-refractivity contribution >= 4 is 17.2 Å². The molecule has 16 heavy (non-hydrogen) atoms. The van der Waals surface area contributed by atoms with Crippen LogP contribution in [0.25, 0.3) is 10.9 Å². The first-order valence-electron chi connectivity index (χ1n) is 4.78. The van der Waals surface area contributed by atoms with Gasteiger partial charge in [0.2, 0.25) is 0 Å². The number of aldehydes is 1. The highest BCUT2D eigenvalue weighted by Crippen LogP contribution is 2.22. The lowest BCUT2D eigenvalue weighted by atomic mass is 10.3. The summed E-state index contributed by atoms with van der Waals surface area (Å²) >= 11 is 0. The SMILES string of the molecule is COC(OC)c1cc2cnc(C=O)cc2[nH]1. The number of nitrogens with zero attached hydrogens (tertiary/aromatic N) is 1. The first kappa shape index (κ1) is 10.8. The van der Waals surface area contributed by atoms with Crippen molar-refractivity contribution in [2.24, 2.45) is 0 Å². The largest absolute Gasteiger partial charge is 0.354 e. The molecule has 0 radical (unpaired) electrons. The van der Waals surface area contributed by atoms with Gasteiger partial charge in [0.1, 0.15) is 5.69 Å². The van der Waals surface area contributed by atoms with E-state index in [0.29, 0.717) is 12.0 Å². The van der Waals surface area contributed by atoms with Crippen molar-refractivity contribution < 1.29 is 14.3 Å². The third-order valence-corrected chi connectivity index (χ3v) is 2.35. The van der Waals surface area contributed by atoms with Crippen LogP contribution >= 0.6 is 0 Å². The lowest BCUT2D eigenvalue weighted by molar-refractivity contribution is -0.108. The minimum Gasteiger partial charge on any atom is -0.354 e. The zero-order chi connectivity index (χ0) is 11.5. The van der Waals surface area contributed by atoms with Gasteiger partial charge in [-0.15, -0.1) is 0 Å². The molecule has 2 rings (SSSR count). The van der Waals surface area contributed by atoms with Gasteiger partial charge in [-0.2, -0.15) is 0 Å². The normalized spacial score (nSPS) is 11.2. The van der Waals surface area contributed by atoms with Crippen molar-refractivity contribution in [1.29, 1.82) is 0 Å². The van der Waals surface area contributed by atoms with Crippen LogP contribution in [0.3, 0.4) is 0 Å². The van der Waals surface area contributed by atoms with Crippen molar-refractivity contribution in [2.45, 2.75) is 6.29 Å². The zero-order valence-electron chi connectivity index (χ0n) is 9.06. The third kappa shape index (κ3) is 1.82. The number of pyridine rings is 1. The molecule has 0 aliphatic heterocycles. The van der Waals surface area contributed by atoms with Gasteiger partial charge in [0.25, 0.3) is 0 Å². The van der Waals surface area contributed by atoms with Gasteiger partial charge in [0.05, 0.1) is 5.69 Å². The van der Waals surface area contributed by atoms with E-state index in [4.69, 9.17) is 9.47 Å².